The Labute approximate surface area is 195 Å². The van der Waals surface area contributed by atoms with Gasteiger partial charge in [-0.3, -0.25) is 4.79 Å². The maximum Gasteiger partial charge on any atom is 0.313 e. The van der Waals surface area contributed by atoms with Crippen molar-refractivity contribution in [2.75, 3.05) is 0 Å². The summed E-state index contributed by atoms with van der Waals surface area (Å²) in [5.74, 6) is 3.28. The molecule has 6 rings (SSSR count). The molecule has 1 aliphatic heterocycles. The number of rotatable bonds is 4. The van der Waals surface area contributed by atoms with Gasteiger partial charge in [-0.1, -0.05) is 49.3 Å². The number of esters is 1. The summed E-state index contributed by atoms with van der Waals surface area (Å²) in [5.41, 5.74) is 4.40. The number of carbonyl (C=O) groups is 1. The second-order valence-corrected chi connectivity index (χ2v) is 12.8. The minimum atomic E-state index is -0.276. The van der Waals surface area contributed by atoms with Gasteiger partial charge in [-0.25, -0.2) is 0 Å². The lowest BCUT2D eigenvalue weighted by atomic mass is 9.44. The zero-order valence-electron chi connectivity index (χ0n) is 21.1. The Morgan fingerprint density at radius 1 is 1.31 bits per heavy atom. The normalized spacial score (nSPS) is 45.7. The predicted molar refractivity (Wildman–Crippen MR) is 131 cm³/mol. The van der Waals surface area contributed by atoms with Crippen LogP contribution in [0.25, 0.3) is 0 Å². The highest BCUT2D eigenvalue weighted by Crippen LogP contribution is 2.68. The molecule has 0 aromatic carbocycles. The fourth-order valence-electron chi connectivity index (χ4n) is 8.90. The third kappa shape index (κ3) is 3.30. The number of hydrogen-bond acceptors (Lipinski definition) is 2. The summed E-state index contributed by atoms with van der Waals surface area (Å²) >= 11 is 0. The molecular weight excluding hydrogens is 392 g/mol. The van der Waals surface area contributed by atoms with Gasteiger partial charge in [-0.05, 0) is 114 Å². The van der Waals surface area contributed by atoms with E-state index in [0.717, 1.165) is 25.7 Å². The topological polar surface area (TPSA) is 26.3 Å². The molecule has 6 aliphatic rings. The average molecular weight is 437 g/mol. The number of fused-ring (bicyclic) bond motifs is 3. The van der Waals surface area contributed by atoms with E-state index >= 15 is 0 Å². The monoisotopic (exact) mass is 436 g/mol. The van der Waals surface area contributed by atoms with Gasteiger partial charge < -0.3 is 4.74 Å². The molecule has 2 bridgehead atoms. The van der Waals surface area contributed by atoms with Crippen molar-refractivity contribution in [1.29, 1.82) is 0 Å². The Morgan fingerprint density at radius 2 is 2.09 bits per heavy atom. The molecule has 0 aromatic heterocycles. The SMILES string of the molecule is C=C1CCCC2(C)CC3OC(=O)C4(CC5CC(C(C)CCC=C(C)C)C4C=C5C)C3CC12. The molecule has 32 heavy (non-hydrogen) atoms. The van der Waals surface area contributed by atoms with Crippen LogP contribution in [0.2, 0.25) is 0 Å². The summed E-state index contributed by atoms with van der Waals surface area (Å²) in [5, 5.41) is 0. The van der Waals surface area contributed by atoms with Gasteiger partial charge in [-0.2, -0.15) is 0 Å². The summed E-state index contributed by atoms with van der Waals surface area (Å²) < 4.78 is 6.33. The zero-order chi connectivity index (χ0) is 22.8. The Bertz CT molecular complexity index is 860. The van der Waals surface area contributed by atoms with Crippen molar-refractivity contribution in [3.8, 4) is 0 Å². The first-order valence-electron chi connectivity index (χ1n) is 13.4. The third-order valence-corrected chi connectivity index (χ3v) is 10.7. The van der Waals surface area contributed by atoms with Gasteiger partial charge in [-0.15, -0.1) is 0 Å². The van der Waals surface area contributed by atoms with Gasteiger partial charge in [0.25, 0.3) is 0 Å². The Hall–Kier alpha value is -1.31. The van der Waals surface area contributed by atoms with Crippen LogP contribution >= 0.6 is 0 Å². The molecule has 3 saturated carbocycles. The maximum atomic E-state index is 13.8. The minimum Gasteiger partial charge on any atom is -0.462 e. The minimum absolute atomic E-state index is 0.129. The highest BCUT2D eigenvalue weighted by molar-refractivity contribution is 5.81. The first kappa shape index (κ1) is 22.5. The fraction of sp³-hybridized carbons (Fsp3) is 0.767. The lowest BCUT2D eigenvalue weighted by molar-refractivity contribution is -0.156. The summed E-state index contributed by atoms with van der Waals surface area (Å²) in [6, 6.07) is 0. The van der Waals surface area contributed by atoms with Crippen LogP contribution in [0, 0.1) is 46.3 Å². The molecule has 5 aliphatic carbocycles. The molecule has 0 amide bonds. The molecule has 1 saturated heterocycles. The average Bonchev–Trinajstić information content (AvgIpc) is 2.97. The molecule has 0 aromatic rings. The second kappa shape index (κ2) is 7.88. The van der Waals surface area contributed by atoms with E-state index in [-0.39, 0.29) is 22.9 Å². The molecule has 4 fully saturated rings. The number of hydrogen-bond donors (Lipinski definition) is 0. The molecule has 2 nitrogen and oxygen atoms in total. The predicted octanol–water partition coefficient (Wildman–Crippen LogP) is 7.66. The van der Waals surface area contributed by atoms with Crippen LogP contribution in [-0.2, 0) is 9.53 Å². The van der Waals surface area contributed by atoms with Gasteiger partial charge in [0.05, 0.1) is 5.41 Å². The van der Waals surface area contributed by atoms with Crippen LogP contribution in [0.4, 0.5) is 0 Å². The summed E-state index contributed by atoms with van der Waals surface area (Å²) in [7, 11) is 0. The van der Waals surface area contributed by atoms with E-state index in [1.54, 1.807) is 0 Å². The number of ether oxygens (including phenoxy) is 1. The highest BCUT2D eigenvalue weighted by Gasteiger charge is 2.68. The Kier molecular flexibility index (Phi) is 5.54. The van der Waals surface area contributed by atoms with Crippen LogP contribution in [0.5, 0.6) is 0 Å². The van der Waals surface area contributed by atoms with E-state index in [2.05, 4.69) is 53.3 Å². The Balaban J connectivity index is 1.46. The van der Waals surface area contributed by atoms with Crippen molar-refractivity contribution in [2.24, 2.45) is 46.3 Å². The summed E-state index contributed by atoms with van der Waals surface area (Å²) in [4.78, 5) is 13.8. The highest BCUT2D eigenvalue weighted by atomic mass is 16.6. The summed E-state index contributed by atoms with van der Waals surface area (Å²) in [6.45, 7) is 16.1. The molecule has 2 heteroatoms. The second-order valence-electron chi connectivity index (χ2n) is 12.8. The van der Waals surface area contributed by atoms with Crippen molar-refractivity contribution in [1.82, 2.24) is 0 Å². The third-order valence-electron chi connectivity index (χ3n) is 10.7. The van der Waals surface area contributed by atoms with Crippen LogP contribution in [0.3, 0.4) is 0 Å². The van der Waals surface area contributed by atoms with Crippen molar-refractivity contribution < 1.29 is 9.53 Å². The molecule has 0 N–H and O–H groups in total. The van der Waals surface area contributed by atoms with Crippen LogP contribution < -0.4 is 0 Å². The van der Waals surface area contributed by atoms with E-state index in [0.29, 0.717) is 35.5 Å². The molecular formula is C30H44O2. The zero-order valence-corrected chi connectivity index (χ0v) is 21.1. The van der Waals surface area contributed by atoms with Crippen molar-refractivity contribution >= 4 is 5.97 Å². The first-order valence-corrected chi connectivity index (χ1v) is 13.4. The molecule has 0 radical (unpaired) electrons. The summed E-state index contributed by atoms with van der Waals surface area (Å²) in [6.07, 6.45) is 15.6. The molecule has 176 valence electrons. The van der Waals surface area contributed by atoms with E-state index in [4.69, 9.17) is 4.74 Å². The van der Waals surface area contributed by atoms with Gasteiger partial charge in [0.15, 0.2) is 0 Å². The van der Waals surface area contributed by atoms with Crippen molar-refractivity contribution in [2.45, 2.75) is 98.5 Å². The van der Waals surface area contributed by atoms with Gasteiger partial charge in [0, 0.05) is 5.92 Å². The quantitative estimate of drug-likeness (QED) is 0.334. The maximum absolute atomic E-state index is 13.8. The number of allylic oxidation sites excluding steroid dienone is 5. The van der Waals surface area contributed by atoms with E-state index in [9.17, 15) is 4.79 Å². The van der Waals surface area contributed by atoms with Crippen molar-refractivity contribution in [3.05, 3.63) is 35.5 Å². The largest absolute Gasteiger partial charge is 0.462 e. The smallest absolute Gasteiger partial charge is 0.313 e. The van der Waals surface area contributed by atoms with E-state index in [1.807, 2.05) is 0 Å². The molecule has 9 unspecified atom stereocenters. The lowest BCUT2D eigenvalue weighted by Crippen LogP contribution is -2.55. The Morgan fingerprint density at radius 3 is 2.81 bits per heavy atom. The number of carbonyl (C=O) groups excluding carboxylic acids is 1. The van der Waals surface area contributed by atoms with Crippen LogP contribution in [0.1, 0.15) is 92.4 Å². The molecule has 1 spiro atoms. The van der Waals surface area contributed by atoms with Gasteiger partial charge in [0.1, 0.15) is 6.10 Å². The fourth-order valence-corrected chi connectivity index (χ4v) is 8.90. The van der Waals surface area contributed by atoms with E-state index < -0.39 is 0 Å². The standard InChI is InChI=1S/C30H44O2/c1-18(2)9-7-10-19(3)23-14-22-16-30(25(23)13-21(22)5)26-15-24-20(4)11-8-12-29(24,6)17-27(26)32-28(30)31/h9,13,19,22-27H,4,7-8,10-12,14-17H2,1-3,5-6H3. The van der Waals surface area contributed by atoms with Crippen molar-refractivity contribution in [3.63, 3.8) is 0 Å². The van der Waals surface area contributed by atoms with Crippen LogP contribution in [0.15, 0.2) is 35.5 Å². The van der Waals surface area contributed by atoms with E-state index in [1.165, 1.54) is 48.8 Å². The molecule has 9 atom stereocenters. The lowest BCUT2D eigenvalue weighted by Gasteiger charge is -2.57. The van der Waals surface area contributed by atoms with Gasteiger partial charge >= 0.3 is 5.97 Å². The molecule has 1 heterocycles. The first-order chi connectivity index (χ1) is 15.2. The van der Waals surface area contributed by atoms with Crippen LogP contribution in [-0.4, -0.2) is 12.1 Å². The van der Waals surface area contributed by atoms with Gasteiger partial charge in [0.2, 0.25) is 0 Å².